The van der Waals surface area contributed by atoms with Crippen molar-refractivity contribution in [2.45, 2.75) is 0 Å². The van der Waals surface area contributed by atoms with Gasteiger partial charge in [0.05, 0.1) is 16.7 Å². The normalized spacial score (nSPS) is 10.6. The standard InChI is InChI=1S/C14H11N3O6/c18-10-2-3-11(13(20)6-10)14(21)16-15-7-8-5-9(17(22)23)1-4-12(8)19/h1-7,18-20H,(H,16,21)/b15-7-. The van der Waals surface area contributed by atoms with E-state index in [0.29, 0.717) is 0 Å². The molecular formula is C14H11N3O6. The molecule has 0 aliphatic rings. The van der Waals surface area contributed by atoms with Crippen LogP contribution < -0.4 is 5.43 Å². The summed E-state index contributed by atoms with van der Waals surface area (Å²) in [6.45, 7) is 0. The molecule has 23 heavy (non-hydrogen) atoms. The topological polar surface area (TPSA) is 145 Å². The predicted octanol–water partition coefficient (Wildman–Crippen LogP) is 1.48. The molecule has 2 aromatic rings. The summed E-state index contributed by atoms with van der Waals surface area (Å²) in [4.78, 5) is 21.8. The first-order valence-electron chi connectivity index (χ1n) is 6.21. The fourth-order valence-corrected chi connectivity index (χ4v) is 1.69. The number of nitrogens with one attached hydrogen (secondary N) is 1. The highest BCUT2D eigenvalue weighted by molar-refractivity contribution is 5.97. The molecule has 0 aliphatic carbocycles. The monoisotopic (exact) mass is 317 g/mol. The quantitative estimate of drug-likeness (QED) is 0.381. The van der Waals surface area contributed by atoms with Crippen molar-refractivity contribution in [1.82, 2.24) is 5.43 Å². The maximum Gasteiger partial charge on any atom is 0.275 e. The van der Waals surface area contributed by atoms with Gasteiger partial charge in [0.15, 0.2) is 0 Å². The van der Waals surface area contributed by atoms with Crippen LogP contribution in [0.5, 0.6) is 17.2 Å². The maximum atomic E-state index is 11.8. The Morgan fingerprint density at radius 1 is 1.13 bits per heavy atom. The molecule has 0 unspecified atom stereocenters. The number of hydrazone groups is 1. The number of carbonyl (C=O) groups is 1. The number of carbonyl (C=O) groups excluding carboxylic acids is 1. The van der Waals surface area contributed by atoms with Crippen LogP contribution in [0.4, 0.5) is 5.69 Å². The zero-order valence-electron chi connectivity index (χ0n) is 11.5. The van der Waals surface area contributed by atoms with Crippen molar-refractivity contribution in [3.8, 4) is 17.2 Å². The summed E-state index contributed by atoms with van der Waals surface area (Å²) in [6.07, 6.45) is 1.03. The van der Waals surface area contributed by atoms with Crippen LogP contribution in [-0.2, 0) is 0 Å². The molecule has 0 radical (unpaired) electrons. The second kappa shape index (κ2) is 6.43. The first-order valence-corrected chi connectivity index (χ1v) is 6.21. The number of non-ortho nitro benzene ring substituents is 1. The minimum absolute atomic E-state index is 0.0365. The van der Waals surface area contributed by atoms with Gasteiger partial charge in [-0.15, -0.1) is 0 Å². The molecular weight excluding hydrogens is 306 g/mol. The summed E-state index contributed by atoms with van der Waals surface area (Å²) >= 11 is 0. The van der Waals surface area contributed by atoms with E-state index >= 15 is 0 Å². The number of phenolic OH excluding ortho intramolecular Hbond substituents is 3. The first-order chi connectivity index (χ1) is 10.9. The Balaban J connectivity index is 2.14. The summed E-state index contributed by atoms with van der Waals surface area (Å²) in [6, 6.07) is 6.74. The summed E-state index contributed by atoms with van der Waals surface area (Å²) in [5.74, 6) is -1.65. The molecule has 0 saturated carbocycles. The summed E-state index contributed by atoms with van der Waals surface area (Å²) < 4.78 is 0. The molecule has 1 amide bonds. The van der Waals surface area contributed by atoms with Crippen LogP contribution in [0, 0.1) is 10.1 Å². The van der Waals surface area contributed by atoms with Gasteiger partial charge in [0, 0.05) is 23.8 Å². The van der Waals surface area contributed by atoms with Gasteiger partial charge in [-0.2, -0.15) is 5.10 Å². The fraction of sp³-hybridized carbons (Fsp3) is 0. The van der Waals surface area contributed by atoms with E-state index in [1.807, 2.05) is 0 Å². The smallest absolute Gasteiger partial charge is 0.275 e. The highest BCUT2D eigenvalue weighted by Gasteiger charge is 2.11. The van der Waals surface area contributed by atoms with E-state index in [1.165, 1.54) is 12.1 Å². The Labute approximate surface area is 129 Å². The number of hydrogen-bond donors (Lipinski definition) is 4. The molecule has 0 atom stereocenters. The lowest BCUT2D eigenvalue weighted by Gasteiger charge is -2.03. The Kier molecular flexibility index (Phi) is 4.41. The van der Waals surface area contributed by atoms with E-state index in [-0.39, 0.29) is 28.3 Å². The Morgan fingerprint density at radius 2 is 1.87 bits per heavy atom. The molecule has 0 aromatic heterocycles. The molecule has 0 bridgehead atoms. The molecule has 9 heteroatoms. The number of phenols is 3. The average molecular weight is 317 g/mol. The molecule has 0 aliphatic heterocycles. The Morgan fingerprint density at radius 3 is 2.52 bits per heavy atom. The highest BCUT2D eigenvalue weighted by atomic mass is 16.6. The van der Waals surface area contributed by atoms with Gasteiger partial charge >= 0.3 is 0 Å². The predicted molar refractivity (Wildman–Crippen MR) is 79.6 cm³/mol. The van der Waals surface area contributed by atoms with E-state index in [0.717, 1.165) is 30.5 Å². The molecule has 0 fully saturated rings. The molecule has 4 N–H and O–H groups in total. The minimum atomic E-state index is -0.760. The average Bonchev–Trinajstić information content (AvgIpc) is 2.48. The molecule has 0 spiro atoms. The lowest BCUT2D eigenvalue weighted by Crippen LogP contribution is -2.17. The van der Waals surface area contributed by atoms with Crippen molar-refractivity contribution in [3.05, 3.63) is 57.6 Å². The SMILES string of the molecule is O=C(N/N=C\c1cc([N+](=O)[O-])ccc1O)c1ccc(O)cc1O. The third kappa shape index (κ3) is 3.73. The van der Waals surface area contributed by atoms with Crippen LogP contribution in [0.1, 0.15) is 15.9 Å². The molecule has 2 rings (SSSR count). The zero-order chi connectivity index (χ0) is 17.0. The van der Waals surface area contributed by atoms with Crippen molar-refractivity contribution in [3.63, 3.8) is 0 Å². The highest BCUT2D eigenvalue weighted by Crippen LogP contribution is 2.23. The third-order valence-electron chi connectivity index (χ3n) is 2.82. The number of nitrogens with zero attached hydrogens (tertiary/aromatic N) is 2. The number of amides is 1. The van der Waals surface area contributed by atoms with E-state index in [9.17, 15) is 25.1 Å². The van der Waals surface area contributed by atoms with Crippen LogP contribution in [-0.4, -0.2) is 32.4 Å². The van der Waals surface area contributed by atoms with Crippen LogP contribution in [0.15, 0.2) is 41.5 Å². The third-order valence-corrected chi connectivity index (χ3v) is 2.82. The van der Waals surface area contributed by atoms with Gasteiger partial charge in [0.2, 0.25) is 0 Å². The summed E-state index contributed by atoms with van der Waals surface area (Å²) in [7, 11) is 0. The van der Waals surface area contributed by atoms with Crippen LogP contribution in [0.2, 0.25) is 0 Å². The molecule has 0 saturated heterocycles. The lowest BCUT2D eigenvalue weighted by molar-refractivity contribution is -0.384. The Bertz CT molecular complexity index is 803. The molecule has 2 aromatic carbocycles. The zero-order valence-corrected chi connectivity index (χ0v) is 11.5. The van der Waals surface area contributed by atoms with Gasteiger partial charge < -0.3 is 15.3 Å². The number of nitro groups is 1. The maximum absolute atomic E-state index is 11.8. The number of benzene rings is 2. The van der Waals surface area contributed by atoms with Crippen molar-refractivity contribution in [1.29, 1.82) is 0 Å². The summed E-state index contributed by atoms with van der Waals surface area (Å²) in [5, 5.41) is 42.5. The van der Waals surface area contributed by atoms with Crippen molar-refractivity contribution < 1.29 is 25.0 Å². The van der Waals surface area contributed by atoms with E-state index in [2.05, 4.69) is 10.5 Å². The van der Waals surface area contributed by atoms with E-state index < -0.39 is 16.6 Å². The number of aromatic hydroxyl groups is 3. The number of rotatable bonds is 4. The van der Waals surface area contributed by atoms with Crippen molar-refractivity contribution in [2.24, 2.45) is 5.10 Å². The number of nitro benzene ring substituents is 1. The van der Waals surface area contributed by atoms with Gasteiger partial charge in [0.1, 0.15) is 17.2 Å². The van der Waals surface area contributed by atoms with Gasteiger partial charge in [-0.3, -0.25) is 14.9 Å². The van der Waals surface area contributed by atoms with E-state index in [1.54, 1.807) is 0 Å². The molecule has 118 valence electrons. The van der Waals surface area contributed by atoms with Crippen molar-refractivity contribution >= 4 is 17.8 Å². The second-order valence-electron chi connectivity index (χ2n) is 4.40. The Hall–Kier alpha value is -3.62. The van der Waals surface area contributed by atoms with Crippen molar-refractivity contribution in [2.75, 3.05) is 0 Å². The fourth-order valence-electron chi connectivity index (χ4n) is 1.69. The van der Waals surface area contributed by atoms with Crippen LogP contribution in [0.25, 0.3) is 0 Å². The number of hydrogen-bond acceptors (Lipinski definition) is 7. The minimum Gasteiger partial charge on any atom is -0.508 e. The molecule has 9 nitrogen and oxygen atoms in total. The summed E-state index contributed by atoms with van der Waals surface area (Å²) in [5.41, 5.74) is 1.76. The van der Waals surface area contributed by atoms with Gasteiger partial charge in [-0.1, -0.05) is 0 Å². The molecule has 0 heterocycles. The first kappa shape index (κ1) is 15.8. The largest absolute Gasteiger partial charge is 0.508 e. The second-order valence-corrected chi connectivity index (χ2v) is 4.40. The van der Waals surface area contributed by atoms with Crippen LogP contribution >= 0.6 is 0 Å². The van der Waals surface area contributed by atoms with Gasteiger partial charge in [-0.25, -0.2) is 5.43 Å². The van der Waals surface area contributed by atoms with Crippen LogP contribution in [0.3, 0.4) is 0 Å². The lowest BCUT2D eigenvalue weighted by atomic mass is 10.2. The van der Waals surface area contributed by atoms with Gasteiger partial charge in [-0.05, 0) is 18.2 Å². The van der Waals surface area contributed by atoms with Gasteiger partial charge in [0.25, 0.3) is 11.6 Å². The van der Waals surface area contributed by atoms with E-state index in [4.69, 9.17) is 5.11 Å².